The summed E-state index contributed by atoms with van der Waals surface area (Å²) in [6, 6.07) is 8.18. The summed E-state index contributed by atoms with van der Waals surface area (Å²) in [6.45, 7) is -0.293. The largest absolute Gasteiger partial charge is 0.445 e. The fourth-order valence-corrected chi connectivity index (χ4v) is 3.50. The first kappa shape index (κ1) is 20.6. The molecule has 0 unspecified atom stereocenters. The molecule has 29 heavy (non-hydrogen) atoms. The molecule has 6 nitrogen and oxygen atoms in total. The first-order chi connectivity index (χ1) is 13.8. The molecular weight excluding hydrogens is 385 g/mol. The van der Waals surface area contributed by atoms with Crippen LogP contribution in [0.15, 0.2) is 36.5 Å². The van der Waals surface area contributed by atoms with E-state index in [1.54, 1.807) is 6.07 Å². The van der Waals surface area contributed by atoms with E-state index < -0.39 is 23.4 Å². The Morgan fingerprint density at radius 2 is 2.00 bits per heavy atom. The summed E-state index contributed by atoms with van der Waals surface area (Å²) in [5.74, 6) is 0.00609. The number of benzene rings is 1. The zero-order valence-electron chi connectivity index (χ0n) is 15.5. The number of carbonyl (C=O) groups is 1. The lowest BCUT2D eigenvalue weighted by atomic mass is 9.79. The maximum absolute atomic E-state index is 12.8. The molecule has 1 saturated carbocycles. The van der Waals surface area contributed by atoms with Gasteiger partial charge in [-0.1, -0.05) is 31.4 Å². The van der Waals surface area contributed by atoms with Gasteiger partial charge < -0.3 is 10.1 Å². The first-order valence-corrected chi connectivity index (χ1v) is 9.17. The minimum atomic E-state index is -4.46. The number of ether oxygens (including phenoxy) is 1. The number of hydrogen-bond acceptors (Lipinski definition) is 5. The van der Waals surface area contributed by atoms with Gasteiger partial charge in [-0.15, -0.1) is 0 Å². The van der Waals surface area contributed by atoms with Crippen molar-refractivity contribution in [2.75, 3.05) is 0 Å². The number of nitriles is 1. The fraction of sp³-hybridized carbons (Fsp3) is 0.400. The standard InChI is InChI=1S/C20H19F3N4O2/c21-20(22,23)15-6-4-5-14(11-15)13-29-18(28)27-19(8-2-1-3-9-19)16-7-10-25-17(12-24)26-16/h4-7,10-11H,1-3,8-9,13H2,(H,27,28). The molecule has 2 aromatic rings. The highest BCUT2D eigenvalue weighted by molar-refractivity contribution is 5.68. The third-order valence-electron chi connectivity index (χ3n) is 4.92. The summed E-state index contributed by atoms with van der Waals surface area (Å²) in [4.78, 5) is 20.5. The Kier molecular flexibility index (Phi) is 6.01. The Hall–Kier alpha value is -3.15. The summed E-state index contributed by atoms with van der Waals surface area (Å²) in [5.41, 5.74) is -0.827. The molecule has 1 heterocycles. The first-order valence-electron chi connectivity index (χ1n) is 9.17. The number of alkyl halides is 3. The van der Waals surface area contributed by atoms with Crippen molar-refractivity contribution < 1.29 is 22.7 Å². The minimum absolute atomic E-state index is 0.00609. The lowest BCUT2D eigenvalue weighted by molar-refractivity contribution is -0.137. The lowest BCUT2D eigenvalue weighted by Crippen LogP contribution is -2.48. The maximum Gasteiger partial charge on any atom is 0.416 e. The molecule has 1 fully saturated rings. The second-order valence-corrected chi connectivity index (χ2v) is 6.92. The summed E-state index contributed by atoms with van der Waals surface area (Å²) in [5, 5.41) is 11.9. The van der Waals surface area contributed by atoms with Crippen LogP contribution in [0, 0.1) is 11.3 Å². The van der Waals surface area contributed by atoms with Gasteiger partial charge in [0.25, 0.3) is 0 Å². The van der Waals surface area contributed by atoms with Crippen molar-refractivity contribution in [2.45, 2.75) is 50.4 Å². The van der Waals surface area contributed by atoms with E-state index in [1.807, 2.05) is 6.07 Å². The van der Waals surface area contributed by atoms with Gasteiger partial charge in [0.15, 0.2) is 0 Å². The van der Waals surface area contributed by atoms with Gasteiger partial charge in [0.2, 0.25) is 5.82 Å². The van der Waals surface area contributed by atoms with Gasteiger partial charge in [-0.25, -0.2) is 14.8 Å². The fourth-order valence-electron chi connectivity index (χ4n) is 3.50. The number of rotatable bonds is 4. The average Bonchev–Trinajstić information content (AvgIpc) is 2.72. The number of nitrogens with zero attached hydrogens (tertiary/aromatic N) is 3. The van der Waals surface area contributed by atoms with Crippen molar-refractivity contribution in [1.29, 1.82) is 5.26 Å². The van der Waals surface area contributed by atoms with Crippen LogP contribution in [-0.2, 0) is 23.1 Å². The lowest BCUT2D eigenvalue weighted by Gasteiger charge is -2.37. The molecule has 1 aliphatic rings. The number of amides is 1. The van der Waals surface area contributed by atoms with Crippen molar-refractivity contribution in [3.8, 4) is 6.07 Å². The van der Waals surface area contributed by atoms with Gasteiger partial charge in [0, 0.05) is 6.20 Å². The molecule has 0 radical (unpaired) electrons. The second-order valence-electron chi connectivity index (χ2n) is 6.92. The Bertz CT molecular complexity index is 918. The number of alkyl carbamates (subject to hydrolysis) is 1. The van der Waals surface area contributed by atoms with Crippen LogP contribution < -0.4 is 5.32 Å². The van der Waals surface area contributed by atoms with Crippen LogP contribution in [0.1, 0.15) is 54.7 Å². The maximum atomic E-state index is 12.8. The summed E-state index contributed by atoms with van der Waals surface area (Å²) < 4.78 is 43.6. The highest BCUT2D eigenvalue weighted by atomic mass is 19.4. The molecule has 0 atom stereocenters. The quantitative estimate of drug-likeness (QED) is 0.813. The normalized spacial score (nSPS) is 15.9. The molecule has 3 rings (SSSR count). The minimum Gasteiger partial charge on any atom is -0.445 e. The molecule has 0 saturated heterocycles. The molecule has 0 aliphatic heterocycles. The third kappa shape index (κ3) is 5.02. The predicted molar refractivity (Wildman–Crippen MR) is 96.3 cm³/mol. The van der Waals surface area contributed by atoms with E-state index >= 15 is 0 Å². The van der Waals surface area contributed by atoms with E-state index in [9.17, 15) is 18.0 Å². The molecule has 1 aromatic heterocycles. The van der Waals surface area contributed by atoms with E-state index in [-0.39, 0.29) is 18.0 Å². The molecule has 0 spiro atoms. The zero-order valence-corrected chi connectivity index (χ0v) is 15.5. The molecule has 9 heteroatoms. The monoisotopic (exact) mass is 404 g/mol. The average molecular weight is 404 g/mol. The Balaban J connectivity index is 1.72. The Morgan fingerprint density at radius 1 is 1.24 bits per heavy atom. The van der Waals surface area contributed by atoms with Gasteiger partial charge in [-0.2, -0.15) is 18.4 Å². The molecule has 1 aromatic carbocycles. The highest BCUT2D eigenvalue weighted by Crippen LogP contribution is 2.36. The van der Waals surface area contributed by atoms with Gasteiger partial charge in [-0.3, -0.25) is 0 Å². The summed E-state index contributed by atoms with van der Waals surface area (Å²) in [7, 11) is 0. The van der Waals surface area contributed by atoms with Crippen molar-refractivity contribution in [3.05, 3.63) is 59.2 Å². The molecular formula is C20H19F3N4O2. The second kappa shape index (κ2) is 8.47. The van der Waals surface area contributed by atoms with Gasteiger partial charge in [0.05, 0.1) is 16.8 Å². The van der Waals surface area contributed by atoms with Crippen LogP contribution in [0.5, 0.6) is 0 Å². The van der Waals surface area contributed by atoms with Crippen LogP contribution in [-0.4, -0.2) is 16.1 Å². The molecule has 1 amide bonds. The summed E-state index contributed by atoms with van der Waals surface area (Å²) in [6.07, 6.45) is 0.226. The molecule has 0 bridgehead atoms. The summed E-state index contributed by atoms with van der Waals surface area (Å²) >= 11 is 0. The van der Waals surface area contributed by atoms with E-state index in [2.05, 4.69) is 15.3 Å². The van der Waals surface area contributed by atoms with Crippen molar-refractivity contribution in [3.63, 3.8) is 0 Å². The van der Waals surface area contributed by atoms with Gasteiger partial charge in [0.1, 0.15) is 12.7 Å². The molecule has 152 valence electrons. The number of nitrogens with one attached hydrogen (secondary N) is 1. The Morgan fingerprint density at radius 3 is 2.69 bits per heavy atom. The Labute approximate surface area is 165 Å². The van der Waals surface area contributed by atoms with E-state index in [0.29, 0.717) is 18.5 Å². The third-order valence-corrected chi connectivity index (χ3v) is 4.92. The smallest absolute Gasteiger partial charge is 0.416 e. The van der Waals surface area contributed by atoms with E-state index in [1.165, 1.54) is 18.3 Å². The predicted octanol–water partition coefficient (Wildman–Crippen LogP) is 4.45. The van der Waals surface area contributed by atoms with Crippen LogP contribution in [0.2, 0.25) is 0 Å². The van der Waals surface area contributed by atoms with Crippen molar-refractivity contribution >= 4 is 6.09 Å². The van der Waals surface area contributed by atoms with Crippen LogP contribution in [0.3, 0.4) is 0 Å². The topological polar surface area (TPSA) is 87.9 Å². The number of carbonyl (C=O) groups excluding carboxylic acids is 1. The van der Waals surface area contributed by atoms with Crippen LogP contribution >= 0.6 is 0 Å². The van der Waals surface area contributed by atoms with Gasteiger partial charge in [-0.05, 0) is 36.6 Å². The zero-order chi connectivity index (χ0) is 20.9. The number of aromatic nitrogens is 2. The SMILES string of the molecule is N#Cc1nccc(C2(NC(=O)OCc3cccc(C(F)(F)F)c3)CCCCC2)n1. The highest BCUT2D eigenvalue weighted by Gasteiger charge is 2.37. The van der Waals surface area contributed by atoms with Crippen LogP contribution in [0.25, 0.3) is 0 Å². The van der Waals surface area contributed by atoms with Gasteiger partial charge >= 0.3 is 12.3 Å². The van der Waals surface area contributed by atoms with E-state index in [4.69, 9.17) is 10.00 Å². The van der Waals surface area contributed by atoms with E-state index in [0.717, 1.165) is 31.4 Å². The van der Waals surface area contributed by atoms with Crippen LogP contribution in [0.4, 0.5) is 18.0 Å². The van der Waals surface area contributed by atoms with Crippen molar-refractivity contribution in [1.82, 2.24) is 15.3 Å². The molecule has 1 N–H and O–H groups in total. The van der Waals surface area contributed by atoms with Crippen molar-refractivity contribution in [2.24, 2.45) is 0 Å². The number of hydrogen-bond donors (Lipinski definition) is 1. The molecule has 1 aliphatic carbocycles. The number of halogens is 3.